The second-order valence-electron chi connectivity index (χ2n) is 4.80. The number of carbonyl (C=O) groups is 1. The monoisotopic (exact) mass is 325 g/mol. The molecule has 114 valence electrons. The van der Waals surface area contributed by atoms with E-state index in [1.807, 2.05) is 6.07 Å². The molecule has 1 aromatic heterocycles. The Kier molecular flexibility index (Phi) is 4.21. The van der Waals surface area contributed by atoms with Crippen LogP contribution in [0.4, 0.5) is 0 Å². The molecule has 1 N–H and O–H groups in total. The molecule has 3 aromatic rings. The van der Waals surface area contributed by atoms with E-state index >= 15 is 0 Å². The Bertz CT molecular complexity index is 963. The first kappa shape index (κ1) is 15.0. The van der Waals surface area contributed by atoms with Gasteiger partial charge in [-0.05, 0) is 35.9 Å². The van der Waals surface area contributed by atoms with Crippen LogP contribution in [0.5, 0.6) is 0 Å². The Morgan fingerprint density at radius 3 is 2.83 bits per heavy atom. The molecule has 0 aliphatic heterocycles. The van der Waals surface area contributed by atoms with Crippen LogP contribution in [0.2, 0.25) is 5.02 Å². The molecule has 0 atom stereocenters. The van der Waals surface area contributed by atoms with Crippen LogP contribution in [0.25, 0.3) is 17.0 Å². The molecule has 0 bridgehead atoms. The fourth-order valence-electron chi connectivity index (χ4n) is 2.09. The molecule has 5 nitrogen and oxygen atoms in total. The number of hydrogen-bond donors (Lipinski definition) is 1. The summed E-state index contributed by atoms with van der Waals surface area (Å²) >= 11 is 5.88. The van der Waals surface area contributed by atoms with Gasteiger partial charge in [-0.25, -0.2) is 9.66 Å². The highest BCUT2D eigenvalue weighted by Crippen LogP contribution is 2.11. The van der Waals surface area contributed by atoms with Crippen LogP contribution < -0.4 is 11.0 Å². The molecule has 0 fully saturated rings. The molecule has 0 spiro atoms. The molecule has 1 amide bonds. The topological polar surface area (TPSA) is 64.0 Å². The average molecular weight is 326 g/mol. The molecule has 2 aromatic carbocycles. The number of benzene rings is 2. The van der Waals surface area contributed by atoms with Crippen LogP contribution in [0.1, 0.15) is 5.56 Å². The summed E-state index contributed by atoms with van der Waals surface area (Å²) in [5, 5.41) is 1.02. The Balaban J connectivity index is 1.80. The van der Waals surface area contributed by atoms with Crippen LogP contribution in [-0.2, 0) is 4.79 Å². The number of rotatable bonds is 3. The summed E-state index contributed by atoms with van der Waals surface area (Å²) in [4.78, 5) is 28.3. The predicted octanol–water partition coefficient (Wildman–Crippen LogP) is 2.83. The summed E-state index contributed by atoms with van der Waals surface area (Å²) in [6.07, 6.45) is 4.23. The van der Waals surface area contributed by atoms with Gasteiger partial charge in [0, 0.05) is 11.1 Å². The fraction of sp³-hybridized carbons (Fsp3) is 0. The quantitative estimate of drug-likeness (QED) is 0.753. The van der Waals surface area contributed by atoms with Gasteiger partial charge >= 0.3 is 0 Å². The maximum absolute atomic E-state index is 12.2. The lowest BCUT2D eigenvalue weighted by Gasteiger charge is -2.06. The van der Waals surface area contributed by atoms with Gasteiger partial charge in [0.1, 0.15) is 6.33 Å². The minimum Gasteiger partial charge on any atom is -0.268 e. The maximum atomic E-state index is 12.2. The first-order valence-electron chi connectivity index (χ1n) is 6.84. The van der Waals surface area contributed by atoms with E-state index in [9.17, 15) is 9.59 Å². The number of carbonyl (C=O) groups excluding carboxylic acids is 1. The van der Waals surface area contributed by atoms with Crippen molar-refractivity contribution in [2.24, 2.45) is 0 Å². The zero-order valence-electron chi connectivity index (χ0n) is 11.9. The zero-order valence-corrected chi connectivity index (χ0v) is 12.7. The highest BCUT2D eigenvalue weighted by Gasteiger charge is 2.04. The molecule has 0 saturated heterocycles. The third-order valence-corrected chi connectivity index (χ3v) is 3.41. The normalized spacial score (nSPS) is 11.0. The number of nitrogens with one attached hydrogen (secondary N) is 1. The molecule has 3 rings (SSSR count). The molecule has 1 heterocycles. The summed E-state index contributed by atoms with van der Waals surface area (Å²) in [5.74, 6) is -0.441. The smallest absolute Gasteiger partial charge is 0.268 e. The second kappa shape index (κ2) is 6.46. The largest absolute Gasteiger partial charge is 0.280 e. The van der Waals surface area contributed by atoms with Crippen LogP contribution in [0, 0.1) is 0 Å². The first-order valence-corrected chi connectivity index (χ1v) is 7.22. The van der Waals surface area contributed by atoms with Gasteiger partial charge in [-0.3, -0.25) is 15.0 Å². The van der Waals surface area contributed by atoms with Gasteiger partial charge in [-0.1, -0.05) is 35.9 Å². The molecule has 0 aliphatic carbocycles. The molecular formula is C17H12ClN3O2. The number of hydrogen-bond acceptors (Lipinski definition) is 3. The van der Waals surface area contributed by atoms with Gasteiger partial charge < -0.3 is 0 Å². The third kappa shape index (κ3) is 3.46. The maximum Gasteiger partial charge on any atom is 0.280 e. The van der Waals surface area contributed by atoms with Crippen LogP contribution in [-0.4, -0.2) is 15.6 Å². The van der Waals surface area contributed by atoms with E-state index in [-0.39, 0.29) is 5.56 Å². The minimum absolute atomic E-state index is 0.333. The molecule has 6 heteroatoms. The van der Waals surface area contributed by atoms with Crippen LogP contribution in [0.3, 0.4) is 0 Å². The van der Waals surface area contributed by atoms with E-state index in [2.05, 4.69) is 10.4 Å². The SMILES string of the molecule is O=C(/C=C/c1cccc(Cl)c1)Nn1cnc2ccccc2c1=O. The molecule has 0 radical (unpaired) electrons. The number of halogens is 1. The van der Waals surface area contributed by atoms with Crippen LogP contribution >= 0.6 is 11.6 Å². The standard InChI is InChI=1S/C17H12ClN3O2/c18-13-5-3-4-12(10-13)8-9-16(22)20-21-11-19-15-7-2-1-6-14(15)17(21)23/h1-11H,(H,20,22)/b9-8+. The number of aromatic nitrogens is 2. The highest BCUT2D eigenvalue weighted by atomic mass is 35.5. The summed E-state index contributed by atoms with van der Waals surface area (Å²) in [5.41, 5.74) is 3.51. The van der Waals surface area contributed by atoms with E-state index in [0.717, 1.165) is 10.2 Å². The number of para-hydroxylation sites is 1. The Hall–Kier alpha value is -2.92. The fourth-order valence-corrected chi connectivity index (χ4v) is 2.29. The summed E-state index contributed by atoms with van der Waals surface area (Å²) in [6.45, 7) is 0. The Morgan fingerprint density at radius 1 is 1.17 bits per heavy atom. The zero-order chi connectivity index (χ0) is 16.2. The third-order valence-electron chi connectivity index (χ3n) is 3.17. The van der Waals surface area contributed by atoms with Crippen molar-refractivity contribution < 1.29 is 4.79 Å². The number of fused-ring (bicyclic) bond motifs is 1. The van der Waals surface area contributed by atoms with E-state index in [0.29, 0.717) is 15.9 Å². The summed E-state index contributed by atoms with van der Waals surface area (Å²) in [7, 11) is 0. The average Bonchev–Trinajstić information content (AvgIpc) is 2.56. The van der Waals surface area contributed by atoms with Gasteiger partial charge in [0.05, 0.1) is 10.9 Å². The molecule has 23 heavy (non-hydrogen) atoms. The van der Waals surface area contributed by atoms with Gasteiger partial charge in [-0.2, -0.15) is 0 Å². The van der Waals surface area contributed by atoms with E-state index in [1.54, 1.807) is 48.5 Å². The van der Waals surface area contributed by atoms with Crippen molar-refractivity contribution in [3.05, 3.63) is 81.9 Å². The molecule has 0 saturated carbocycles. The van der Waals surface area contributed by atoms with Gasteiger partial charge in [0.15, 0.2) is 0 Å². The van der Waals surface area contributed by atoms with Gasteiger partial charge in [0.2, 0.25) is 0 Å². The van der Waals surface area contributed by atoms with Crippen molar-refractivity contribution in [1.29, 1.82) is 0 Å². The lowest BCUT2D eigenvalue weighted by atomic mass is 10.2. The summed E-state index contributed by atoms with van der Waals surface area (Å²) < 4.78 is 1.06. The predicted molar refractivity (Wildman–Crippen MR) is 90.9 cm³/mol. The van der Waals surface area contributed by atoms with E-state index in [1.165, 1.54) is 12.4 Å². The second-order valence-corrected chi connectivity index (χ2v) is 5.24. The Morgan fingerprint density at radius 2 is 2.00 bits per heavy atom. The first-order chi connectivity index (χ1) is 11.1. The van der Waals surface area contributed by atoms with Crippen molar-refractivity contribution in [1.82, 2.24) is 9.66 Å². The van der Waals surface area contributed by atoms with Crippen molar-refractivity contribution in [3.8, 4) is 0 Å². The van der Waals surface area contributed by atoms with Crippen molar-refractivity contribution in [2.75, 3.05) is 5.43 Å². The molecule has 0 unspecified atom stereocenters. The van der Waals surface area contributed by atoms with Gasteiger partial charge in [-0.15, -0.1) is 0 Å². The molecular weight excluding hydrogens is 314 g/mol. The van der Waals surface area contributed by atoms with Crippen molar-refractivity contribution in [2.45, 2.75) is 0 Å². The Labute approximate surface area is 136 Å². The van der Waals surface area contributed by atoms with Gasteiger partial charge in [0.25, 0.3) is 11.5 Å². The highest BCUT2D eigenvalue weighted by molar-refractivity contribution is 6.30. The van der Waals surface area contributed by atoms with Crippen molar-refractivity contribution in [3.63, 3.8) is 0 Å². The van der Waals surface area contributed by atoms with Crippen LogP contribution in [0.15, 0.2) is 65.7 Å². The number of amides is 1. The summed E-state index contributed by atoms with van der Waals surface area (Å²) in [6, 6.07) is 14.0. The number of nitrogens with zero attached hydrogens (tertiary/aromatic N) is 2. The minimum atomic E-state index is -0.441. The lowest BCUT2D eigenvalue weighted by Crippen LogP contribution is -2.32. The van der Waals surface area contributed by atoms with E-state index < -0.39 is 5.91 Å². The van der Waals surface area contributed by atoms with Crippen molar-refractivity contribution >= 4 is 34.5 Å². The molecule has 0 aliphatic rings. The van der Waals surface area contributed by atoms with E-state index in [4.69, 9.17) is 11.6 Å². The lowest BCUT2D eigenvalue weighted by molar-refractivity contribution is -0.112.